The SMILES string of the molecule is CCCOc1ccc(N2C(=O)[C@H]3[C@@H](c4cccc(O)c4)N(c4ccccc4)O[C@H]3C2=O)cc1. The molecule has 1 N–H and O–H groups in total. The number of imide groups is 1. The second kappa shape index (κ2) is 8.60. The number of phenolic OH excluding ortho intramolecular Hbond substituents is 1. The van der Waals surface area contributed by atoms with Crippen LogP contribution in [0, 0.1) is 5.92 Å². The maximum Gasteiger partial charge on any atom is 0.266 e. The largest absolute Gasteiger partial charge is 0.508 e. The average Bonchev–Trinajstić information content (AvgIpc) is 3.35. The first-order valence-electron chi connectivity index (χ1n) is 11.0. The molecular formula is C26H24N2O5. The van der Waals surface area contributed by atoms with Crippen LogP contribution >= 0.6 is 0 Å². The number of phenols is 1. The monoisotopic (exact) mass is 444 g/mol. The number of fused-ring (bicyclic) bond motifs is 1. The molecule has 33 heavy (non-hydrogen) atoms. The Bertz CT molecular complexity index is 1160. The Morgan fingerprint density at radius 1 is 0.909 bits per heavy atom. The smallest absolute Gasteiger partial charge is 0.266 e. The summed E-state index contributed by atoms with van der Waals surface area (Å²) in [5, 5.41) is 11.7. The molecule has 2 fully saturated rings. The summed E-state index contributed by atoms with van der Waals surface area (Å²) >= 11 is 0. The molecule has 0 radical (unpaired) electrons. The minimum Gasteiger partial charge on any atom is -0.508 e. The van der Waals surface area contributed by atoms with Crippen LogP contribution in [0.2, 0.25) is 0 Å². The number of aromatic hydroxyl groups is 1. The van der Waals surface area contributed by atoms with Crippen LogP contribution in [-0.2, 0) is 14.4 Å². The van der Waals surface area contributed by atoms with E-state index in [9.17, 15) is 14.7 Å². The molecule has 3 atom stereocenters. The molecule has 0 aromatic heterocycles. The lowest BCUT2D eigenvalue weighted by atomic mass is 9.90. The minimum atomic E-state index is -0.957. The first-order valence-corrected chi connectivity index (χ1v) is 11.0. The zero-order chi connectivity index (χ0) is 22.9. The number of hydroxylamine groups is 1. The Hall–Kier alpha value is -3.84. The lowest BCUT2D eigenvalue weighted by Crippen LogP contribution is -2.37. The van der Waals surface area contributed by atoms with E-state index < -0.39 is 24.0 Å². The highest BCUT2D eigenvalue weighted by molar-refractivity contribution is 6.23. The molecule has 5 rings (SSSR count). The number of hydrogen-bond donors (Lipinski definition) is 1. The second-order valence-electron chi connectivity index (χ2n) is 8.11. The second-order valence-corrected chi connectivity index (χ2v) is 8.11. The van der Waals surface area contributed by atoms with Gasteiger partial charge in [-0.15, -0.1) is 0 Å². The lowest BCUT2D eigenvalue weighted by Gasteiger charge is -2.28. The number of benzene rings is 3. The summed E-state index contributed by atoms with van der Waals surface area (Å²) in [5.41, 5.74) is 1.90. The van der Waals surface area contributed by atoms with Crippen LogP contribution in [-0.4, -0.2) is 29.6 Å². The Morgan fingerprint density at radius 2 is 1.67 bits per heavy atom. The van der Waals surface area contributed by atoms with Gasteiger partial charge in [-0.05, 0) is 60.5 Å². The van der Waals surface area contributed by atoms with E-state index in [1.165, 1.54) is 4.90 Å². The number of para-hydroxylation sites is 1. The Kier molecular flexibility index (Phi) is 5.48. The number of carbonyl (C=O) groups is 2. The quantitative estimate of drug-likeness (QED) is 0.573. The first-order chi connectivity index (χ1) is 16.1. The first kappa shape index (κ1) is 21.0. The molecule has 0 aliphatic carbocycles. The number of rotatable bonds is 6. The third kappa shape index (κ3) is 3.70. The lowest BCUT2D eigenvalue weighted by molar-refractivity contribution is -0.126. The maximum atomic E-state index is 13.6. The Balaban J connectivity index is 1.50. The normalized spacial score (nSPS) is 22.0. The van der Waals surface area contributed by atoms with Gasteiger partial charge in [0.2, 0.25) is 5.91 Å². The van der Waals surface area contributed by atoms with Gasteiger partial charge < -0.3 is 9.84 Å². The van der Waals surface area contributed by atoms with Gasteiger partial charge in [0, 0.05) is 0 Å². The van der Waals surface area contributed by atoms with E-state index in [-0.39, 0.29) is 11.7 Å². The maximum absolute atomic E-state index is 13.6. The topological polar surface area (TPSA) is 79.3 Å². The van der Waals surface area contributed by atoms with Gasteiger partial charge in [0.1, 0.15) is 17.4 Å². The van der Waals surface area contributed by atoms with E-state index in [0.29, 0.717) is 23.6 Å². The zero-order valence-corrected chi connectivity index (χ0v) is 18.1. The highest BCUT2D eigenvalue weighted by atomic mass is 16.7. The number of ether oxygens (including phenoxy) is 1. The van der Waals surface area contributed by atoms with Crippen LogP contribution in [0.25, 0.3) is 0 Å². The molecule has 0 saturated carbocycles. The van der Waals surface area contributed by atoms with E-state index in [4.69, 9.17) is 9.57 Å². The minimum absolute atomic E-state index is 0.0836. The molecule has 3 aromatic carbocycles. The predicted octanol–water partition coefficient (Wildman–Crippen LogP) is 4.23. The van der Waals surface area contributed by atoms with Gasteiger partial charge in [0.05, 0.1) is 24.0 Å². The van der Waals surface area contributed by atoms with E-state index in [1.54, 1.807) is 47.5 Å². The standard InChI is InChI=1S/C26H24N2O5/c1-2-15-32-21-13-11-18(12-14-21)27-25(30)22-23(17-7-6-10-20(29)16-17)28(33-24(22)26(27)31)19-8-4-3-5-9-19/h3-14,16,22-24,29H,2,15H2,1H3/t22-,23+,24+/m0/s1. The fourth-order valence-electron chi connectivity index (χ4n) is 4.43. The van der Waals surface area contributed by atoms with Gasteiger partial charge in [-0.1, -0.05) is 37.3 Å². The molecule has 2 amide bonds. The molecule has 0 bridgehead atoms. The Morgan fingerprint density at radius 3 is 2.36 bits per heavy atom. The molecule has 7 heteroatoms. The Labute approximate surface area is 191 Å². The molecule has 168 valence electrons. The van der Waals surface area contributed by atoms with Crippen LogP contribution < -0.4 is 14.7 Å². The fraction of sp³-hybridized carbons (Fsp3) is 0.231. The number of nitrogens with zero attached hydrogens (tertiary/aromatic N) is 2. The van der Waals surface area contributed by atoms with Crippen molar-refractivity contribution in [2.75, 3.05) is 16.6 Å². The zero-order valence-electron chi connectivity index (χ0n) is 18.1. The van der Waals surface area contributed by atoms with Crippen LogP contribution in [0.4, 0.5) is 11.4 Å². The van der Waals surface area contributed by atoms with E-state index in [1.807, 2.05) is 43.3 Å². The van der Waals surface area contributed by atoms with Crippen LogP contribution in [0.3, 0.4) is 0 Å². The van der Waals surface area contributed by atoms with Crippen molar-refractivity contribution >= 4 is 23.2 Å². The van der Waals surface area contributed by atoms with Crippen molar-refractivity contribution in [1.29, 1.82) is 0 Å². The summed E-state index contributed by atoms with van der Waals surface area (Å²) in [7, 11) is 0. The predicted molar refractivity (Wildman–Crippen MR) is 123 cm³/mol. The van der Waals surface area contributed by atoms with Gasteiger partial charge in [-0.25, -0.2) is 9.96 Å². The van der Waals surface area contributed by atoms with Crippen LogP contribution in [0.1, 0.15) is 24.9 Å². The number of anilines is 2. The molecule has 2 aliphatic rings. The molecular weight excluding hydrogens is 420 g/mol. The van der Waals surface area contributed by atoms with Crippen molar-refractivity contribution < 1.29 is 24.3 Å². The summed E-state index contributed by atoms with van der Waals surface area (Å²) in [6.45, 7) is 2.62. The highest BCUT2D eigenvalue weighted by Gasteiger charge is 2.60. The fourth-order valence-corrected chi connectivity index (χ4v) is 4.43. The van der Waals surface area contributed by atoms with E-state index in [0.717, 1.165) is 12.1 Å². The summed E-state index contributed by atoms with van der Waals surface area (Å²) in [6.07, 6.45) is -0.0686. The summed E-state index contributed by atoms with van der Waals surface area (Å²) in [4.78, 5) is 34.2. The molecule has 3 aromatic rings. The highest BCUT2D eigenvalue weighted by Crippen LogP contribution is 2.48. The average molecular weight is 444 g/mol. The van der Waals surface area contributed by atoms with Gasteiger partial charge >= 0.3 is 0 Å². The summed E-state index contributed by atoms with van der Waals surface area (Å²) < 4.78 is 5.61. The van der Waals surface area contributed by atoms with Crippen molar-refractivity contribution in [3.8, 4) is 11.5 Å². The molecule has 0 spiro atoms. The number of hydrogen-bond acceptors (Lipinski definition) is 6. The van der Waals surface area contributed by atoms with Crippen molar-refractivity contribution in [3.05, 3.63) is 84.4 Å². The van der Waals surface area contributed by atoms with Gasteiger partial charge in [0.25, 0.3) is 5.91 Å². The molecule has 2 saturated heterocycles. The van der Waals surface area contributed by atoms with Crippen molar-refractivity contribution in [2.24, 2.45) is 5.92 Å². The van der Waals surface area contributed by atoms with Gasteiger partial charge in [-0.2, -0.15) is 0 Å². The van der Waals surface area contributed by atoms with Crippen molar-refractivity contribution in [3.63, 3.8) is 0 Å². The number of carbonyl (C=O) groups excluding carboxylic acids is 2. The third-order valence-electron chi connectivity index (χ3n) is 5.91. The van der Waals surface area contributed by atoms with Crippen LogP contribution in [0.5, 0.6) is 11.5 Å². The van der Waals surface area contributed by atoms with Crippen molar-refractivity contribution in [1.82, 2.24) is 0 Å². The molecule has 0 unspecified atom stereocenters. The van der Waals surface area contributed by atoms with Gasteiger partial charge in [-0.3, -0.25) is 14.4 Å². The molecule has 2 heterocycles. The van der Waals surface area contributed by atoms with E-state index >= 15 is 0 Å². The van der Waals surface area contributed by atoms with E-state index in [2.05, 4.69) is 0 Å². The third-order valence-corrected chi connectivity index (χ3v) is 5.91. The molecule has 2 aliphatic heterocycles. The summed E-state index contributed by atoms with van der Waals surface area (Å²) in [6, 6.07) is 22.4. The molecule has 7 nitrogen and oxygen atoms in total. The van der Waals surface area contributed by atoms with Gasteiger partial charge in [0.15, 0.2) is 6.10 Å². The number of amides is 2. The van der Waals surface area contributed by atoms with Crippen LogP contribution in [0.15, 0.2) is 78.9 Å². The summed E-state index contributed by atoms with van der Waals surface area (Å²) in [5.74, 6) is -0.727. The van der Waals surface area contributed by atoms with Crippen molar-refractivity contribution in [2.45, 2.75) is 25.5 Å².